The van der Waals surface area contributed by atoms with Crippen molar-refractivity contribution in [3.8, 4) is 11.3 Å². The van der Waals surface area contributed by atoms with E-state index in [-0.39, 0.29) is 38.6 Å². The maximum Gasteiger partial charge on any atom is 0.407 e. The van der Waals surface area contributed by atoms with Gasteiger partial charge in [0, 0.05) is 32.0 Å². The number of alkyl carbamates (subject to hydrolysis) is 1. The number of hydrogen-bond donors (Lipinski definition) is 4. The van der Waals surface area contributed by atoms with Crippen LogP contribution in [0.5, 0.6) is 0 Å². The maximum absolute atomic E-state index is 14.1. The van der Waals surface area contributed by atoms with Crippen LogP contribution in [-0.4, -0.2) is 130 Å². The van der Waals surface area contributed by atoms with Crippen molar-refractivity contribution >= 4 is 30.1 Å². The fraction of sp³-hybridized carbons (Fsp3) is 0.500. The zero-order valence-electron chi connectivity index (χ0n) is 35.8. The number of rotatable bonds is 25. The molecule has 0 aliphatic carbocycles. The van der Waals surface area contributed by atoms with Crippen LogP contribution in [0.1, 0.15) is 45.7 Å². The van der Waals surface area contributed by atoms with Crippen LogP contribution in [0.15, 0.2) is 84.0 Å². The standard InChI is InChI=1S/C44H62N6O10/c1-31(2)39(46-28-38(52)57-7)41(53)49-50(29-33-16-18-34(19-17-33)35-15-11-12-20-45-35)30-37(51)36(27-32-13-9-8-10-14-32)47-42(54)40(44(3,4)5)48-43(55)60-26-25-59-24-23-58-22-21-56-6/h8-20,28,31,36-37,39-40,51H,21-27,29-30H2,1-7H3,(H,47,54)(H,48,55)(H,49,53)/t36-,37-,39?,40+/m0/s1. The molecule has 3 amide bonds. The molecule has 1 heterocycles. The fourth-order valence-electron chi connectivity index (χ4n) is 5.91. The zero-order chi connectivity index (χ0) is 43.9. The third-order valence-corrected chi connectivity index (χ3v) is 9.15. The van der Waals surface area contributed by atoms with Gasteiger partial charge in [-0.05, 0) is 41.0 Å². The predicted molar refractivity (Wildman–Crippen MR) is 227 cm³/mol. The highest BCUT2D eigenvalue weighted by molar-refractivity contribution is 6.23. The monoisotopic (exact) mass is 834 g/mol. The quantitative estimate of drug-likeness (QED) is 0.0418. The number of benzene rings is 2. The van der Waals surface area contributed by atoms with Crippen molar-refractivity contribution in [2.75, 3.05) is 60.4 Å². The van der Waals surface area contributed by atoms with Crippen LogP contribution < -0.4 is 16.1 Å². The summed E-state index contributed by atoms with van der Waals surface area (Å²) < 4.78 is 25.7. The predicted octanol–water partition coefficient (Wildman–Crippen LogP) is 3.76. The number of ether oxygens (including phenoxy) is 5. The van der Waals surface area contributed by atoms with E-state index in [0.29, 0.717) is 26.4 Å². The first-order chi connectivity index (χ1) is 28.7. The van der Waals surface area contributed by atoms with Gasteiger partial charge in [0.25, 0.3) is 5.91 Å². The molecule has 1 aromatic heterocycles. The second-order valence-corrected chi connectivity index (χ2v) is 15.4. The van der Waals surface area contributed by atoms with Crippen molar-refractivity contribution in [3.05, 3.63) is 90.1 Å². The maximum atomic E-state index is 14.1. The molecule has 16 nitrogen and oxygen atoms in total. The molecule has 328 valence electrons. The van der Waals surface area contributed by atoms with Crippen molar-refractivity contribution in [1.82, 2.24) is 26.1 Å². The molecule has 0 aliphatic heterocycles. The molecule has 0 radical (unpaired) electrons. The third-order valence-electron chi connectivity index (χ3n) is 9.15. The first-order valence-electron chi connectivity index (χ1n) is 20.0. The van der Waals surface area contributed by atoms with E-state index in [4.69, 9.17) is 18.9 Å². The van der Waals surface area contributed by atoms with Gasteiger partial charge in [0.15, 0.2) is 0 Å². The highest BCUT2D eigenvalue weighted by atomic mass is 16.6. The van der Waals surface area contributed by atoms with Crippen LogP contribution in [0.2, 0.25) is 0 Å². The molecule has 0 aliphatic rings. The summed E-state index contributed by atoms with van der Waals surface area (Å²) in [5.74, 6) is -2.05. The van der Waals surface area contributed by atoms with Crippen molar-refractivity contribution in [3.63, 3.8) is 0 Å². The summed E-state index contributed by atoms with van der Waals surface area (Å²) in [6, 6.07) is 19.7. The van der Waals surface area contributed by atoms with Crippen LogP contribution >= 0.6 is 0 Å². The normalized spacial score (nSPS) is 13.7. The molecule has 60 heavy (non-hydrogen) atoms. The second-order valence-electron chi connectivity index (χ2n) is 15.4. The molecule has 0 fully saturated rings. The van der Waals surface area contributed by atoms with E-state index in [9.17, 15) is 24.3 Å². The number of aromatic nitrogens is 1. The van der Waals surface area contributed by atoms with Gasteiger partial charge in [-0.1, -0.05) is 95.3 Å². The number of esters is 1. The van der Waals surface area contributed by atoms with E-state index >= 15 is 0 Å². The topological polar surface area (TPSA) is 199 Å². The Kier molecular flexibility index (Phi) is 21.3. The summed E-state index contributed by atoms with van der Waals surface area (Å²) in [6.07, 6.45) is 0.856. The van der Waals surface area contributed by atoms with E-state index in [1.807, 2.05) is 72.8 Å². The molecule has 0 saturated heterocycles. The van der Waals surface area contributed by atoms with E-state index in [1.54, 1.807) is 52.9 Å². The highest BCUT2D eigenvalue weighted by Gasteiger charge is 2.36. The van der Waals surface area contributed by atoms with E-state index < -0.39 is 53.5 Å². The van der Waals surface area contributed by atoms with Gasteiger partial charge in [-0.3, -0.25) is 25.0 Å². The summed E-state index contributed by atoms with van der Waals surface area (Å²) in [4.78, 5) is 61.3. The summed E-state index contributed by atoms with van der Waals surface area (Å²) >= 11 is 0. The average Bonchev–Trinajstić information content (AvgIpc) is 3.22. The molecular weight excluding hydrogens is 773 g/mol. The van der Waals surface area contributed by atoms with Gasteiger partial charge in [-0.25, -0.2) is 14.6 Å². The lowest BCUT2D eigenvalue weighted by molar-refractivity contribution is -0.132. The van der Waals surface area contributed by atoms with E-state index in [0.717, 1.165) is 28.6 Å². The van der Waals surface area contributed by atoms with Gasteiger partial charge in [0.1, 0.15) is 24.9 Å². The summed E-state index contributed by atoms with van der Waals surface area (Å²) in [6.45, 7) is 10.7. The number of nitrogens with one attached hydrogen (secondary N) is 3. The molecule has 0 spiro atoms. The fourth-order valence-corrected chi connectivity index (χ4v) is 5.91. The number of pyridine rings is 1. The molecule has 0 saturated carbocycles. The summed E-state index contributed by atoms with van der Waals surface area (Å²) in [7, 11) is 2.81. The number of carbonyl (C=O) groups excluding carboxylic acids is 4. The van der Waals surface area contributed by atoms with Crippen molar-refractivity contribution in [2.45, 2.75) is 71.8 Å². The number of carbonyl (C=O) groups is 4. The first-order valence-corrected chi connectivity index (χ1v) is 20.0. The van der Waals surface area contributed by atoms with Gasteiger partial charge in [0.2, 0.25) is 5.91 Å². The number of nitrogens with zero attached hydrogens (tertiary/aromatic N) is 3. The largest absolute Gasteiger partial charge is 0.465 e. The average molecular weight is 835 g/mol. The zero-order valence-corrected chi connectivity index (χ0v) is 35.8. The minimum absolute atomic E-state index is 0.0448. The SMILES string of the molecule is COCCOCCOCCOC(=O)N[C@H](C(=O)N[C@@H](Cc1ccccc1)[C@@H](O)CN(Cc1ccc(-c2ccccn2)cc1)NC(=O)C(N=CC(=O)OC)C(C)C)C(C)(C)C. The van der Waals surface area contributed by atoms with Crippen molar-refractivity contribution in [2.24, 2.45) is 16.3 Å². The molecule has 0 bridgehead atoms. The second kappa shape index (κ2) is 26.1. The molecule has 4 N–H and O–H groups in total. The van der Waals surface area contributed by atoms with Gasteiger partial charge < -0.3 is 39.4 Å². The molecule has 4 atom stereocenters. The van der Waals surface area contributed by atoms with Crippen molar-refractivity contribution in [1.29, 1.82) is 0 Å². The van der Waals surface area contributed by atoms with Crippen LogP contribution in [0, 0.1) is 11.3 Å². The summed E-state index contributed by atoms with van der Waals surface area (Å²) in [5, 5.41) is 19.2. The Bertz CT molecular complexity index is 1760. The number of aliphatic imine (C=N–C) groups is 1. The Morgan fingerprint density at radius 3 is 2.07 bits per heavy atom. The minimum Gasteiger partial charge on any atom is -0.465 e. The molecule has 3 rings (SSSR count). The number of hydrazine groups is 1. The van der Waals surface area contributed by atoms with Crippen LogP contribution in [0.4, 0.5) is 4.79 Å². The van der Waals surface area contributed by atoms with E-state index in [1.165, 1.54) is 7.11 Å². The highest BCUT2D eigenvalue weighted by Crippen LogP contribution is 2.21. The molecule has 16 heteroatoms. The Hall–Kier alpha value is -5.26. The van der Waals surface area contributed by atoms with Crippen LogP contribution in [-0.2, 0) is 51.0 Å². The van der Waals surface area contributed by atoms with Gasteiger partial charge >= 0.3 is 12.1 Å². The first kappa shape index (κ1) is 49.1. The van der Waals surface area contributed by atoms with Gasteiger partial charge in [0.05, 0.1) is 58.0 Å². The molecule has 1 unspecified atom stereocenters. The third kappa shape index (κ3) is 17.9. The molecule has 2 aromatic carbocycles. The lowest BCUT2D eigenvalue weighted by atomic mass is 9.85. The van der Waals surface area contributed by atoms with E-state index in [2.05, 4.69) is 30.8 Å². The lowest BCUT2D eigenvalue weighted by Gasteiger charge is -2.34. The summed E-state index contributed by atoms with van der Waals surface area (Å²) in [5.41, 5.74) is 5.48. The Morgan fingerprint density at radius 1 is 0.817 bits per heavy atom. The Labute approximate surface area is 353 Å². The Morgan fingerprint density at radius 2 is 1.47 bits per heavy atom. The molecular formula is C44H62N6O10. The van der Waals surface area contributed by atoms with Gasteiger partial charge in [-0.15, -0.1) is 0 Å². The van der Waals surface area contributed by atoms with Crippen LogP contribution in [0.25, 0.3) is 11.3 Å². The lowest BCUT2D eigenvalue weighted by Crippen LogP contribution is -2.59. The van der Waals surface area contributed by atoms with Crippen LogP contribution in [0.3, 0.4) is 0 Å². The van der Waals surface area contributed by atoms with Crippen molar-refractivity contribution < 1.29 is 48.0 Å². The van der Waals surface area contributed by atoms with Gasteiger partial charge in [-0.2, -0.15) is 0 Å². The number of aliphatic hydroxyl groups is 1. The molecule has 3 aromatic rings. The number of hydrogen-bond acceptors (Lipinski definition) is 13. The number of aliphatic hydroxyl groups excluding tert-OH is 1. The smallest absolute Gasteiger partial charge is 0.407 e. The minimum atomic E-state index is -1.25. The number of methoxy groups -OCH3 is 2. The Balaban J connectivity index is 1.83. The number of amides is 3.